The summed E-state index contributed by atoms with van der Waals surface area (Å²) in [5.74, 6) is 0.879. The molecule has 0 atom stereocenters. The van der Waals surface area contributed by atoms with Gasteiger partial charge in [0.05, 0.1) is 16.3 Å². The molecule has 0 spiro atoms. The van der Waals surface area contributed by atoms with Crippen LogP contribution < -0.4 is 10.5 Å². The van der Waals surface area contributed by atoms with Crippen molar-refractivity contribution >= 4 is 35.2 Å². The van der Waals surface area contributed by atoms with E-state index in [0.717, 1.165) is 12.1 Å². The van der Waals surface area contributed by atoms with Crippen LogP contribution in [0, 0.1) is 0 Å². The van der Waals surface area contributed by atoms with Gasteiger partial charge in [0.15, 0.2) is 0 Å². The molecule has 0 amide bonds. The van der Waals surface area contributed by atoms with Crippen molar-refractivity contribution < 1.29 is 13.2 Å². The molecule has 1 aromatic carbocycles. The molecule has 0 aliphatic carbocycles. The first-order valence-electron chi connectivity index (χ1n) is 7.32. The fourth-order valence-corrected chi connectivity index (χ4v) is 2.95. The Hall–Kier alpha value is -2.45. The van der Waals surface area contributed by atoms with Gasteiger partial charge in [-0.2, -0.15) is 13.2 Å². The van der Waals surface area contributed by atoms with Crippen molar-refractivity contribution in [1.29, 1.82) is 0 Å². The summed E-state index contributed by atoms with van der Waals surface area (Å²) in [6.45, 7) is 0. The average molecular weight is 397 g/mol. The van der Waals surface area contributed by atoms with Gasteiger partial charge in [0.1, 0.15) is 16.7 Å². The van der Waals surface area contributed by atoms with E-state index in [-0.39, 0.29) is 0 Å². The number of hydrogen-bond donors (Lipinski definition) is 2. The molecule has 2 aromatic heterocycles. The minimum Gasteiger partial charge on any atom is -0.384 e. The number of hydrogen-bond acceptors (Lipinski definition) is 5. The molecule has 0 aliphatic heterocycles. The minimum atomic E-state index is -4.39. The summed E-state index contributed by atoms with van der Waals surface area (Å²) in [7, 11) is 0. The molecule has 3 rings (SSSR count). The highest BCUT2D eigenvalue weighted by Gasteiger charge is 2.30. The molecule has 0 bridgehead atoms. The fraction of sp³-hybridized carbons (Fsp3) is 0.0588. The van der Waals surface area contributed by atoms with E-state index in [0.29, 0.717) is 32.9 Å². The SMILES string of the molecule is Nc1cccc(SNc2ccc(Cl)c(-c3ccc(C(F)(F)F)cc3)n2)n1. The van der Waals surface area contributed by atoms with Gasteiger partial charge in [-0.1, -0.05) is 29.8 Å². The summed E-state index contributed by atoms with van der Waals surface area (Å²) in [5.41, 5.74) is 5.76. The predicted molar refractivity (Wildman–Crippen MR) is 97.8 cm³/mol. The number of halogens is 4. The largest absolute Gasteiger partial charge is 0.416 e. The molecular weight excluding hydrogens is 385 g/mol. The third-order valence-electron chi connectivity index (χ3n) is 3.34. The maximum atomic E-state index is 12.7. The number of alkyl halides is 3. The van der Waals surface area contributed by atoms with E-state index in [9.17, 15) is 13.2 Å². The second-order valence-electron chi connectivity index (χ2n) is 5.21. The van der Waals surface area contributed by atoms with Crippen molar-refractivity contribution in [2.24, 2.45) is 0 Å². The Bertz CT molecular complexity index is 917. The monoisotopic (exact) mass is 396 g/mol. The highest BCUT2D eigenvalue weighted by molar-refractivity contribution is 8.00. The summed E-state index contributed by atoms with van der Waals surface area (Å²) in [6.07, 6.45) is -4.39. The van der Waals surface area contributed by atoms with Gasteiger partial charge in [-0.3, -0.25) is 0 Å². The maximum Gasteiger partial charge on any atom is 0.416 e. The lowest BCUT2D eigenvalue weighted by molar-refractivity contribution is -0.137. The van der Waals surface area contributed by atoms with Gasteiger partial charge >= 0.3 is 6.18 Å². The van der Waals surface area contributed by atoms with E-state index in [1.54, 1.807) is 30.3 Å². The topological polar surface area (TPSA) is 63.8 Å². The van der Waals surface area contributed by atoms with Crippen molar-refractivity contribution in [2.75, 3.05) is 10.5 Å². The Labute approximate surface area is 156 Å². The van der Waals surface area contributed by atoms with Crippen molar-refractivity contribution in [3.05, 3.63) is 65.2 Å². The number of anilines is 2. The quantitative estimate of drug-likeness (QED) is 0.569. The van der Waals surface area contributed by atoms with Crippen molar-refractivity contribution in [1.82, 2.24) is 9.97 Å². The normalized spacial score (nSPS) is 11.4. The first-order chi connectivity index (χ1) is 12.3. The van der Waals surface area contributed by atoms with Gasteiger partial charge in [0, 0.05) is 17.5 Å². The van der Waals surface area contributed by atoms with Crippen LogP contribution in [-0.4, -0.2) is 9.97 Å². The van der Waals surface area contributed by atoms with Crippen LogP contribution in [0.5, 0.6) is 0 Å². The van der Waals surface area contributed by atoms with Crippen LogP contribution in [0.1, 0.15) is 5.56 Å². The summed E-state index contributed by atoms with van der Waals surface area (Å²) < 4.78 is 41.1. The number of nitrogens with one attached hydrogen (secondary N) is 1. The highest BCUT2D eigenvalue weighted by atomic mass is 35.5. The first kappa shape index (κ1) is 18.3. The van der Waals surface area contributed by atoms with Gasteiger partial charge in [-0.25, -0.2) is 9.97 Å². The number of aromatic nitrogens is 2. The van der Waals surface area contributed by atoms with E-state index in [2.05, 4.69) is 14.7 Å². The Morgan fingerprint density at radius 1 is 0.962 bits per heavy atom. The van der Waals surface area contributed by atoms with Crippen LogP contribution in [0.2, 0.25) is 5.02 Å². The zero-order valence-electron chi connectivity index (χ0n) is 13.1. The molecule has 0 radical (unpaired) electrons. The van der Waals surface area contributed by atoms with Crippen molar-refractivity contribution in [3.63, 3.8) is 0 Å². The third kappa shape index (κ3) is 4.39. The van der Waals surface area contributed by atoms with Crippen molar-refractivity contribution in [3.8, 4) is 11.3 Å². The van der Waals surface area contributed by atoms with E-state index in [1.807, 2.05) is 0 Å². The number of benzene rings is 1. The molecule has 0 saturated carbocycles. The van der Waals surface area contributed by atoms with Crippen LogP contribution in [-0.2, 0) is 6.18 Å². The maximum absolute atomic E-state index is 12.7. The number of nitrogen functional groups attached to an aromatic ring is 1. The smallest absolute Gasteiger partial charge is 0.384 e. The van der Waals surface area contributed by atoms with Gasteiger partial charge in [0.25, 0.3) is 0 Å². The Kier molecular flexibility index (Phi) is 5.24. The lowest BCUT2D eigenvalue weighted by Crippen LogP contribution is -2.04. The predicted octanol–water partition coefficient (Wildman–Crippen LogP) is 5.52. The second-order valence-corrected chi connectivity index (χ2v) is 6.44. The summed E-state index contributed by atoms with van der Waals surface area (Å²) in [4.78, 5) is 8.50. The van der Waals surface area contributed by atoms with E-state index in [1.165, 1.54) is 24.1 Å². The standard InChI is InChI=1S/C17H12ClF3N4S/c18-12-8-9-14(25-26-15-3-1-2-13(22)23-15)24-16(12)10-4-6-11(7-5-10)17(19,20)21/h1-9H,(H2,22,23)(H,24,25). The third-order valence-corrected chi connectivity index (χ3v) is 4.39. The first-order valence-corrected chi connectivity index (χ1v) is 8.52. The molecule has 2 heterocycles. The number of nitrogens with two attached hydrogens (primary N) is 1. The zero-order valence-corrected chi connectivity index (χ0v) is 14.7. The molecule has 4 nitrogen and oxygen atoms in total. The molecule has 0 aliphatic rings. The molecule has 134 valence electrons. The Morgan fingerprint density at radius 2 is 1.69 bits per heavy atom. The molecule has 0 saturated heterocycles. The molecule has 26 heavy (non-hydrogen) atoms. The Morgan fingerprint density at radius 3 is 2.35 bits per heavy atom. The van der Waals surface area contributed by atoms with Crippen LogP contribution in [0.15, 0.2) is 59.6 Å². The molecule has 3 aromatic rings. The summed E-state index contributed by atoms with van der Waals surface area (Å²) in [5, 5.41) is 0.986. The van der Waals surface area contributed by atoms with E-state index < -0.39 is 11.7 Å². The van der Waals surface area contributed by atoms with Crippen molar-refractivity contribution in [2.45, 2.75) is 11.2 Å². The lowest BCUT2D eigenvalue weighted by atomic mass is 10.1. The average Bonchev–Trinajstić information content (AvgIpc) is 2.60. The Balaban J connectivity index is 1.81. The molecule has 9 heteroatoms. The van der Waals surface area contributed by atoms with Gasteiger partial charge in [-0.15, -0.1) is 0 Å². The second kappa shape index (κ2) is 7.43. The van der Waals surface area contributed by atoms with Gasteiger partial charge in [-0.05, 0) is 36.4 Å². The van der Waals surface area contributed by atoms with Crippen LogP contribution >= 0.6 is 23.5 Å². The van der Waals surface area contributed by atoms with E-state index in [4.69, 9.17) is 17.3 Å². The number of pyridine rings is 2. The van der Waals surface area contributed by atoms with Gasteiger partial charge in [0.2, 0.25) is 0 Å². The summed E-state index contributed by atoms with van der Waals surface area (Å²) >= 11 is 7.36. The molecule has 0 unspecified atom stereocenters. The molecule has 0 fully saturated rings. The highest BCUT2D eigenvalue weighted by Crippen LogP contribution is 2.33. The lowest BCUT2D eigenvalue weighted by Gasteiger charge is -2.10. The number of rotatable bonds is 4. The van der Waals surface area contributed by atoms with Crippen LogP contribution in [0.25, 0.3) is 11.3 Å². The molecule has 3 N–H and O–H groups in total. The molecular formula is C17H12ClF3N4S. The van der Waals surface area contributed by atoms with Crippen LogP contribution in [0.4, 0.5) is 24.8 Å². The van der Waals surface area contributed by atoms with Gasteiger partial charge < -0.3 is 10.5 Å². The zero-order chi connectivity index (χ0) is 18.7. The minimum absolute atomic E-state index is 0.336. The fourth-order valence-electron chi connectivity index (χ4n) is 2.11. The number of nitrogens with zero attached hydrogens (tertiary/aromatic N) is 2. The summed E-state index contributed by atoms with van der Waals surface area (Å²) in [6, 6.07) is 13.2. The van der Waals surface area contributed by atoms with Crippen LogP contribution in [0.3, 0.4) is 0 Å². The van der Waals surface area contributed by atoms with E-state index >= 15 is 0 Å².